The van der Waals surface area contributed by atoms with Gasteiger partial charge in [-0.25, -0.2) is 0 Å². The average Bonchev–Trinajstić information content (AvgIpc) is 3.15. The SMILES string of the molecule is C[C@@H](c1ccc(SOON)cc1)N1C(=O)[C@@H]2C[C@H]1CN2C[C@H](N)C(=O)N1[C@H](C#N)C[C@@H]2C[C@@H]21. The van der Waals surface area contributed by atoms with Crippen molar-refractivity contribution in [3.8, 4) is 6.07 Å². The molecule has 4 fully saturated rings. The molecule has 1 aromatic rings. The summed E-state index contributed by atoms with van der Waals surface area (Å²) in [6, 6.07) is 8.83. The van der Waals surface area contributed by atoms with Crippen molar-refractivity contribution in [3.05, 3.63) is 29.8 Å². The summed E-state index contributed by atoms with van der Waals surface area (Å²) in [4.78, 5) is 36.8. The highest BCUT2D eigenvalue weighted by molar-refractivity contribution is 7.94. The molecule has 0 radical (unpaired) electrons. The first-order chi connectivity index (χ1) is 15.9. The van der Waals surface area contributed by atoms with E-state index in [-0.39, 0.29) is 42.0 Å². The van der Waals surface area contributed by atoms with Gasteiger partial charge in [0.15, 0.2) is 0 Å². The fourth-order valence-electron chi connectivity index (χ4n) is 5.83. The molecule has 4 aliphatic rings. The van der Waals surface area contributed by atoms with Gasteiger partial charge in [0.1, 0.15) is 6.04 Å². The van der Waals surface area contributed by atoms with Crippen molar-refractivity contribution in [2.24, 2.45) is 17.5 Å². The van der Waals surface area contributed by atoms with Gasteiger partial charge in [-0.2, -0.15) is 11.2 Å². The topological polar surface area (TPSA) is 138 Å². The summed E-state index contributed by atoms with van der Waals surface area (Å²) in [6.07, 6.45) is 2.48. The Balaban J connectivity index is 1.19. The number of hydrogen-bond acceptors (Lipinski definition) is 9. The number of amides is 2. The van der Waals surface area contributed by atoms with Gasteiger partial charge in [-0.05, 0) is 49.8 Å². The van der Waals surface area contributed by atoms with Crippen LogP contribution in [-0.2, 0) is 18.9 Å². The Labute approximate surface area is 196 Å². The number of rotatable bonds is 8. The Morgan fingerprint density at radius 1 is 1.30 bits per heavy atom. The van der Waals surface area contributed by atoms with Crippen molar-refractivity contribution in [2.75, 3.05) is 13.1 Å². The van der Waals surface area contributed by atoms with E-state index < -0.39 is 6.04 Å². The molecule has 4 N–H and O–H groups in total. The number of nitrogens with two attached hydrogens (primary N) is 2. The average molecular weight is 473 g/mol. The number of fused-ring (bicyclic) bond motifs is 3. The van der Waals surface area contributed by atoms with Gasteiger partial charge in [0.25, 0.3) is 0 Å². The van der Waals surface area contributed by atoms with Crippen LogP contribution in [0.15, 0.2) is 29.2 Å². The van der Waals surface area contributed by atoms with E-state index in [4.69, 9.17) is 11.6 Å². The minimum atomic E-state index is -0.719. The molecule has 10 nitrogen and oxygen atoms in total. The summed E-state index contributed by atoms with van der Waals surface area (Å²) < 4.78 is 4.66. The monoisotopic (exact) mass is 472 g/mol. The van der Waals surface area contributed by atoms with E-state index in [0.29, 0.717) is 19.0 Å². The van der Waals surface area contributed by atoms with Crippen LogP contribution in [0.1, 0.15) is 37.8 Å². The van der Waals surface area contributed by atoms with Crippen molar-refractivity contribution in [2.45, 2.75) is 67.3 Å². The van der Waals surface area contributed by atoms with Crippen molar-refractivity contribution in [3.63, 3.8) is 0 Å². The highest BCUT2D eigenvalue weighted by atomic mass is 32.2. The Morgan fingerprint density at radius 2 is 2.06 bits per heavy atom. The Hall–Kier alpha value is -2.20. The molecule has 2 amide bonds. The van der Waals surface area contributed by atoms with Crippen LogP contribution in [0.4, 0.5) is 0 Å². The predicted octanol–water partition coefficient (Wildman–Crippen LogP) is 0.702. The molecule has 7 atom stereocenters. The summed E-state index contributed by atoms with van der Waals surface area (Å²) >= 11 is 1.01. The zero-order chi connectivity index (χ0) is 23.3. The molecule has 0 aromatic heterocycles. The minimum Gasteiger partial charge on any atom is -0.330 e. The smallest absolute Gasteiger partial charge is 0.242 e. The molecule has 1 aromatic carbocycles. The molecule has 3 heterocycles. The molecule has 1 aliphatic carbocycles. The first-order valence-corrected chi connectivity index (χ1v) is 12.0. The maximum Gasteiger partial charge on any atom is 0.242 e. The Bertz CT molecular complexity index is 971. The number of hydrogen-bond donors (Lipinski definition) is 2. The molecule has 33 heavy (non-hydrogen) atoms. The van der Waals surface area contributed by atoms with Crippen molar-refractivity contribution < 1.29 is 18.9 Å². The Morgan fingerprint density at radius 3 is 2.73 bits per heavy atom. The molecule has 176 valence electrons. The van der Waals surface area contributed by atoms with Crippen molar-refractivity contribution in [1.82, 2.24) is 14.7 Å². The summed E-state index contributed by atoms with van der Waals surface area (Å²) in [5, 5.41) is 9.38. The molecular weight excluding hydrogens is 444 g/mol. The van der Waals surface area contributed by atoms with Crippen LogP contribution in [0.2, 0.25) is 0 Å². The standard InChI is InChI=1S/C22H28N6O4S/c1-12(13-2-4-17(5-3-13)33-32-31-25)27-16-8-20(22(27)30)26(10-16)11-18(24)21(29)28-15(9-23)6-14-7-19(14)28/h2-5,12,14-16,18-20H,6-8,10-11,24-25H2,1H3/t12-,14+,15-,16-,18-,19-,20-/m0/s1. The fourth-order valence-corrected chi connectivity index (χ4v) is 6.20. The maximum atomic E-state index is 13.2. The van der Waals surface area contributed by atoms with E-state index in [9.17, 15) is 14.9 Å². The first-order valence-electron chi connectivity index (χ1n) is 11.3. The van der Waals surface area contributed by atoms with E-state index in [1.807, 2.05) is 41.0 Å². The number of nitriles is 1. The highest BCUT2D eigenvalue weighted by Gasteiger charge is 2.56. The van der Waals surface area contributed by atoms with Gasteiger partial charge in [0.05, 0.1) is 36.2 Å². The van der Waals surface area contributed by atoms with Gasteiger partial charge in [-0.15, -0.1) is 9.32 Å². The molecule has 5 rings (SSSR count). The molecule has 11 heteroatoms. The lowest BCUT2D eigenvalue weighted by atomic mass is 10.1. The first kappa shape index (κ1) is 22.6. The number of likely N-dealkylation sites (tertiary alicyclic amines) is 3. The van der Waals surface area contributed by atoms with E-state index in [1.165, 1.54) is 0 Å². The van der Waals surface area contributed by atoms with Gasteiger partial charge in [-0.1, -0.05) is 12.1 Å². The summed E-state index contributed by atoms with van der Waals surface area (Å²) in [5.74, 6) is 5.24. The van der Waals surface area contributed by atoms with Gasteiger partial charge in [0.2, 0.25) is 11.8 Å². The number of carbonyl (C=O) groups excluding carboxylic acids is 2. The van der Waals surface area contributed by atoms with E-state index in [1.54, 1.807) is 4.90 Å². The lowest BCUT2D eigenvalue weighted by Gasteiger charge is -2.38. The second-order valence-electron chi connectivity index (χ2n) is 9.39. The number of benzene rings is 1. The molecule has 3 aliphatic heterocycles. The summed E-state index contributed by atoms with van der Waals surface area (Å²) in [6.45, 7) is 3.07. The molecule has 2 bridgehead atoms. The predicted molar refractivity (Wildman–Crippen MR) is 118 cm³/mol. The van der Waals surface area contributed by atoms with Crippen LogP contribution in [0.3, 0.4) is 0 Å². The lowest BCUT2D eigenvalue weighted by molar-refractivity contribution is -0.195. The van der Waals surface area contributed by atoms with E-state index in [2.05, 4.69) is 15.4 Å². The van der Waals surface area contributed by atoms with Crippen molar-refractivity contribution in [1.29, 1.82) is 5.26 Å². The minimum absolute atomic E-state index is 0.0662. The van der Waals surface area contributed by atoms with Crippen LogP contribution in [0.5, 0.6) is 0 Å². The zero-order valence-electron chi connectivity index (χ0n) is 18.4. The largest absolute Gasteiger partial charge is 0.330 e. The van der Waals surface area contributed by atoms with E-state index >= 15 is 0 Å². The van der Waals surface area contributed by atoms with Crippen LogP contribution in [0.25, 0.3) is 0 Å². The fraction of sp³-hybridized carbons (Fsp3) is 0.591. The molecule has 3 saturated heterocycles. The molecule has 0 unspecified atom stereocenters. The third kappa shape index (κ3) is 4.01. The molecule has 0 spiro atoms. The number of piperazine rings is 1. The van der Waals surface area contributed by atoms with E-state index in [0.717, 1.165) is 41.8 Å². The quantitative estimate of drug-likeness (QED) is 0.318. The lowest BCUT2D eigenvalue weighted by Crippen LogP contribution is -2.57. The van der Waals surface area contributed by atoms with Crippen molar-refractivity contribution >= 4 is 23.9 Å². The number of nitrogens with zero attached hydrogens (tertiary/aromatic N) is 4. The van der Waals surface area contributed by atoms with Crippen LogP contribution in [-0.4, -0.2) is 69.8 Å². The van der Waals surface area contributed by atoms with Gasteiger partial charge in [-0.3, -0.25) is 14.5 Å². The highest BCUT2D eigenvalue weighted by Crippen LogP contribution is 2.48. The van der Waals surface area contributed by atoms with Crippen LogP contribution < -0.4 is 11.6 Å². The maximum absolute atomic E-state index is 13.2. The van der Waals surface area contributed by atoms with Gasteiger partial charge < -0.3 is 15.5 Å². The molecular formula is C22H28N6O4S. The third-order valence-corrected chi connectivity index (χ3v) is 8.13. The Kier molecular flexibility index (Phi) is 6.07. The molecule has 1 saturated carbocycles. The summed E-state index contributed by atoms with van der Waals surface area (Å²) in [7, 11) is 0. The second-order valence-corrected chi connectivity index (χ2v) is 10.2. The third-order valence-electron chi connectivity index (χ3n) is 7.52. The van der Waals surface area contributed by atoms with Gasteiger partial charge >= 0.3 is 0 Å². The second kappa shape index (κ2) is 8.87. The van der Waals surface area contributed by atoms with Crippen LogP contribution in [0, 0.1) is 17.2 Å². The summed E-state index contributed by atoms with van der Waals surface area (Å²) in [5.41, 5.74) is 7.32. The zero-order valence-corrected chi connectivity index (χ0v) is 19.2. The number of piperidine rings is 1. The van der Waals surface area contributed by atoms with Crippen LogP contribution >= 0.6 is 12.0 Å². The normalized spacial score (nSPS) is 32.1. The number of carbonyl (C=O) groups is 2. The van der Waals surface area contributed by atoms with Gasteiger partial charge in [0, 0.05) is 30.1 Å².